The molecule has 16 heavy (non-hydrogen) atoms. The van der Waals surface area contributed by atoms with Gasteiger partial charge in [-0.15, -0.1) is 0 Å². The molecule has 2 unspecified atom stereocenters. The quantitative estimate of drug-likeness (QED) is 0.757. The van der Waals surface area contributed by atoms with Gasteiger partial charge in [-0.2, -0.15) is 11.8 Å². The van der Waals surface area contributed by atoms with E-state index >= 15 is 0 Å². The minimum atomic E-state index is 0.303. The Balaban J connectivity index is 1.65. The van der Waals surface area contributed by atoms with Crippen LogP contribution in [0.25, 0.3) is 0 Å². The SMILES string of the molecule is O=C(CCC1CCCCO1)C1CCCCS1. The van der Waals surface area contributed by atoms with Crippen molar-refractivity contribution in [2.45, 2.75) is 62.7 Å². The second-order valence-corrected chi connectivity index (χ2v) is 6.16. The van der Waals surface area contributed by atoms with Crippen LogP contribution in [0.15, 0.2) is 0 Å². The van der Waals surface area contributed by atoms with Crippen molar-refractivity contribution in [3.8, 4) is 0 Å². The lowest BCUT2D eigenvalue weighted by atomic mass is 10.0. The largest absolute Gasteiger partial charge is 0.378 e. The van der Waals surface area contributed by atoms with E-state index in [1.165, 1.54) is 31.4 Å². The third-order valence-electron chi connectivity index (χ3n) is 3.53. The molecule has 0 aromatic rings. The molecule has 0 radical (unpaired) electrons. The van der Waals surface area contributed by atoms with Crippen molar-refractivity contribution in [1.29, 1.82) is 0 Å². The lowest BCUT2D eigenvalue weighted by Crippen LogP contribution is -2.24. The van der Waals surface area contributed by atoms with Gasteiger partial charge in [-0.25, -0.2) is 0 Å². The fraction of sp³-hybridized carbons (Fsp3) is 0.923. The van der Waals surface area contributed by atoms with E-state index < -0.39 is 0 Å². The molecule has 0 bridgehead atoms. The molecule has 2 rings (SSSR count). The van der Waals surface area contributed by atoms with Crippen molar-refractivity contribution in [3.05, 3.63) is 0 Å². The van der Waals surface area contributed by atoms with Crippen molar-refractivity contribution in [3.63, 3.8) is 0 Å². The maximum atomic E-state index is 12.0. The first-order valence-electron chi connectivity index (χ1n) is 6.62. The first kappa shape index (κ1) is 12.4. The minimum absolute atomic E-state index is 0.303. The van der Waals surface area contributed by atoms with Gasteiger partial charge < -0.3 is 4.74 Å². The molecular formula is C13H22O2S. The highest BCUT2D eigenvalue weighted by molar-refractivity contribution is 8.00. The number of ketones is 1. The van der Waals surface area contributed by atoms with Crippen LogP contribution >= 0.6 is 11.8 Å². The molecule has 2 nitrogen and oxygen atoms in total. The maximum absolute atomic E-state index is 12.0. The van der Waals surface area contributed by atoms with Crippen LogP contribution < -0.4 is 0 Å². The van der Waals surface area contributed by atoms with Gasteiger partial charge in [0.2, 0.25) is 0 Å². The zero-order valence-electron chi connectivity index (χ0n) is 9.95. The topological polar surface area (TPSA) is 26.3 Å². The van der Waals surface area contributed by atoms with Gasteiger partial charge >= 0.3 is 0 Å². The highest BCUT2D eigenvalue weighted by atomic mass is 32.2. The molecule has 2 aliphatic heterocycles. The highest BCUT2D eigenvalue weighted by Crippen LogP contribution is 2.27. The molecule has 92 valence electrons. The van der Waals surface area contributed by atoms with Gasteiger partial charge in [0.25, 0.3) is 0 Å². The van der Waals surface area contributed by atoms with Gasteiger partial charge in [-0.1, -0.05) is 6.42 Å². The number of carbonyl (C=O) groups is 1. The zero-order chi connectivity index (χ0) is 11.2. The van der Waals surface area contributed by atoms with Crippen molar-refractivity contribution in [2.75, 3.05) is 12.4 Å². The summed E-state index contributed by atoms with van der Waals surface area (Å²) in [6.45, 7) is 0.900. The van der Waals surface area contributed by atoms with E-state index in [4.69, 9.17) is 4.74 Å². The molecule has 2 atom stereocenters. The highest BCUT2D eigenvalue weighted by Gasteiger charge is 2.23. The summed E-state index contributed by atoms with van der Waals surface area (Å²) in [7, 11) is 0. The Morgan fingerprint density at radius 2 is 2.06 bits per heavy atom. The third-order valence-corrected chi connectivity index (χ3v) is 4.95. The Morgan fingerprint density at radius 3 is 2.75 bits per heavy atom. The number of hydrogen-bond donors (Lipinski definition) is 0. The van der Waals surface area contributed by atoms with Crippen LogP contribution in [0.2, 0.25) is 0 Å². The predicted molar refractivity (Wildman–Crippen MR) is 67.9 cm³/mol. The molecule has 0 aliphatic carbocycles. The summed E-state index contributed by atoms with van der Waals surface area (Å²) in [6, 6.07) is 0. The molecule has 2 aliphatic rings. The average molecular weight is 242 g/mol. The van der Waals surface area contributed by atoms with Crippen LogP contribution in [-0.2, 0) is 9.53 Å². The Morgan fingerprint density at radius 1 is 1.19 bits per heavy atom. The smallest absolute Gasteiger partial charge is 0.145 e. The molecule has 2 fully saturated rings. The standard InChI is InChI=1S/C13H22O2S/c14-12(13-6-2-4-10-16-13)8-7-11-5-1-3-9-15-11/h11,13H,1-10H2. The van der Waals surface area contributed by atoms with Crippen molar-refractivity contribution in [2.24, 2.45) is 0 Å². The van der Waals surface area contributed by atoms with Crippen LogP contribution in [0.3, 0.4) is 0 Å². The van der Waals surface area contributed by atoms with Crippen molar-refractivity contribution < 1.29 is 9.53 Å². The Bertz CT molecular complexity index is 218. The number of rotatable bonds is 4. The van der Waals surface area contributed by atoms with E-state index in [9.17, 15) is 4.79 Å². The van der Waals surface area contributed by atoms with Gasteiger partial charge in [-0.05, 0) is 44.3 Å². The molecule has 0 saturated carbocycles. The average Bonchev–Trinajstić information content (AvgIpc) is 2.38. The fourth-order valence-electron chi connectivity index (χ4n) is 2.49. The van der Waals surface area contributed by atoms with E-state index in [1.807, 2.05) is 11.8 Å². The first-order chi connectivity index (χ1) is 7.86. The van der Waals surface area contributed by atoms with E-state index in [1.54, 1.807) is 0 Å². The molecule has 0 amide bonds. The zero-order valence-corrected chi connectivity index (χ0v) is 10.8. The second kappa shape index (κ2) is 6.65. The van der Waals surface area contributed by atoms with Crippen LogP contribution in [0, 0.1) is 0 Å². The van der Waals surface area contributed by atoms with E-state index in [-0.39, 0.29) is 0 Å². The van der Waals surface area contributed by atoms with Crippen LogP contribution in [0.1, 0.15) is 51.4 Å². The van der Waals surface area contributed by atoms with Gasteiger partial charge in [-0.3, -0.25) is 4.79 Å². The number of thioether (sulfide) groups is 1. The summed E-state index contributed by atoms with van der Waals surface area (Å²) in [4.78, 5) is 12.0. The van der Waals surface area contributed by atoms with E-state index in [2.05, 4.69) is 0 Å². The normalized spacial score (nSPS) is 31.2. The Labute approximate surface area is 103 Å². The van der Waals surface area contributed by atoms with Crippen LogP contribution in [0.4, 0.5) is 0 Å². The number of hydrogen-bond acceptors (Lipinski definition) is 3. The predicted octanol–water partition coefficient (Wildman–Crippen LogP) is 3.19. The van der Waals surface area contributed by atoms with Gasteiger partial charge in [0.1, 0.15) is 5.78 Å². The molecular weight excluding hydrogens is 220 g/mol. The molecule has 2 heterocycles. The Kier molecular flexibility index (Phi) is 5.17. The van der Waals surface area contributed by atoms with Crippen molar-refractivity contribution in [1.82, 2.24) is 0 Å². The molecule has 3 heteroatoms. The second-order valence-electron chi connectivity index (χ2n) is 4.85. The van der Waals surface area contributed by atoms with Gasteiger partial charge in [0.15, 0.2) is 0 Å². The van der Waals surface area contributed by atoms with Crippen LogP contribution in [0.5, 0.6) is 0 Å². The third kappa shape index (κ3) is 3.77. The summed E-state index contributed by atoms with van der Waals surface area (Å²) in [6.07, 6.45) is 9.33. The Hall–Kier alpha value is -0.0200. The molecule has 0 aromatic heterocycles. The minimum Gasteiger partial charge on any atom is -0.378 e. The first-order valence-corrected chi connectivity index (χ1v) is 7.67. The van der Waals surface area contributed by atoms with E-state index in [0.29, 0.717) is 17.1 Å². The lowest BCUT2D eigenvalue weighted by Gasteiger charge is -2.24. The summed E-state index contributed by atoms with van der Waals surface area (Å²) in [5.41, 5.74) is 0. The van der Waals surface area contributed by atoms with E-state index in [0.717, 1.165) is 32.3 Å². The molecule has 0 aromatic carbocycles. The molecule has 2 saturated heterocycles. The van der Waals surface area contributed by atoms with Crippen molar-refractivity contribution >= 4 is 17.5 Å². The summed E-state index contributed by atoms with van der Waals surface area (Å²) in [5, 5.41) is 0.303. The number of carbonyl (C=O) groups excluding carboxylic acids is 1. The van der Waals surface area contributed by atoms with Gasteiger partial charge in [0, 0.05) is 13.0 Å². The lowest BCUT2D eigenvalue weighted by molar-refractivity contribution is -0.119. The maximum Gasteiger partial charge on any atom is 0.145 e. The summed E-state index contributed by atoms with van der Waals surface area (Å²) >= 11 is 1.87. The van der Waals surface area contributed by atoms with Gasteiger partial charge in [0.05, 0.1) is 11.4 Å². The molecule has 0 N–H and O–H groups in total. The number of ether oxygens (including phenoxy) is 1. The summed E-state index contributed by atoms with van der Waals surface area (Å²) < 4.78 is 5.66. The monoisotopic (exact) mass is 242 g/mol. The van der Waals surface area contributed by atoms with Crippen LogP contribution in [-0.4, -0.2) is 29.5 Å². The molecule has 0 spiro atoms. The number of Topliss-reactive ketones (excluding diaryl/α,β-unsaturated/α-hetero) is 1. The fourth-order valence-corrected chi connectivity index (χ4v) is 3.79. The summed E-state index contributed by atoms with van der Waals surface area (Å²) in [5.74, 6) is 1.65.